The molecule has 0 radical (unpaired) electrons. The van der Waals surface area contributed by atoms with Crippen LogP contribution < -0.4 is 11.5 Å². The van der Waals surface area contributed by atoms with E-state index in [2.05, 4.69) is 0 Å². The first-order valence-electron chi connectivity index (χ1n) is 6.51. The summed E-state index contributed by atoms with van der Waals surface area (Å²) in [7, 11) is 0. The maximum absolute atomic E-state index is 12.2. The van der Waals surface area contributed by atoms with Crippen LogP contribution in [0.2, 0.25) is 0 Å². The Morgan fingerprint density at radius 1 is 1.22 bits per heavy atom. The third-order valence-corrected chi connectivity index (χ3v) is 5.00. The largest absolute Gasteiger partial charge is 0.369 e. The van der Waals surface area contributed by atoms with Crippen molar-refractivity contribution in [2.45, 2.75) is 31.7 Å². The maximum atomic E-state index is 12.2. The van der Waals surface area contributed by atoms with Gasteiger partial charge in [0.25, 0.3) is 0 Å². The molecule has 2 rings (SSSR count). The smallest absolute Gasteiger partial charge is 0.240 e. The van der Waals surface area contributed by atoms with E-state index in [0.29, 0.717) is 0 Å². The topological polar surface area (TPSA) is 89.4 Å². The summed E-state index contributed by atoms with van der Waals surface area (Å²) < 4.78 is 0. The number of carbonyl (C=O) groups excluding carboxylic acids is 2. The summed E-state index contributed by atoms with van der Waals surface area (Å²) in [6.07, 6.45) is 3.22. The Morgan fingerprint density at radius 2 is 1.89 bits per heavy atom. The van der Waals surface area contributed by atoms with E-state index in [-0.39, 0.29) is 23.7 Å². The van der Waals surface area contributed by atoms with Gasteiger partial charge in [0, 0.05) is 18.2 Å². The van der Waals surface area contributed by atoms with Gasteiger partial charge in [-0.05, 0) is 31.6 Å². The molecule has 0 bridgehead atoms. The van der Waals surface area contributed by atoms with Crippen molar-refractivity contribution < 1.29 is 9.59 Å². The minimum Gasteiger partial charge on any atom is -0.369 e. The van der Waals surface area contributed by atoms with Gasteiger partial charge in [-0.15, -0.1) is 11.8 Å². The molecule has 0 aromatic rings. The minimum absolute atomic E-state index is 0.0223. The first kappa shape index (κ1) is 13.7. The van der Waals surface area contributed by atoms with Crippen LogP contribution in [0, 0.1) is 11.8 Å². The number of thioether (sulfide) groups is 1. The van der Waals surface area contributed by atoms with Crippen molar-refractivity contribution in [3.05, 3.63) is 0 Å². The van der Waals surface area contributed by atoms with Gasteiger partial charge in [-0.1, -0.05) is 0 Å². The fraction of sp³-hybridized carbons (Fsp3) is 0.833. The second-order valence-electron chi connectivity index (χ2n) is 5.18. The lowest BCUT2D eigenvalue weighted by Crippen LogP contribution is -2.48. The number of nitrogens with zero attached hydrogens (tertiary/aromatic N) is 1. The molecule has 18 heavy (non-hydrogen) atoms. The predicted molar refractivity (Wildman–Crippen MR) is 71.7 cm³/mol. The molecule has 102 valence electrons. The molecule has 2 fully saturated rings. The zero-order valence-electron chi connectivity index (χ0n) is 10.5. The molecule has 2 amide bonds. The molecule has 0 aromatic carbocycles. The molecule has 1 unspecified atom stereocenters. The molecule has 0 spiro atoms. The molecule has 1 saturated heterocycles. The first-order chi connectivity index (χ1) is 8.59. The highest BCUT2D eigenvalue weighted by molar-refractivity contribution is 7.99. The summed E-state index contributed by atoms with van der Waals surface area (Å²) in [4.78, 5) is 25.1. The Hall–Kier alpha value is -0.750. The Kier molecular flexibility index (Phi) is 4.50. The van der Waals surface area contributed by atoms with Crippen molar-refractivity contribution in [1.82, 2.24) is 4.90 Å². The molecule has 0 aromatic heterocycles. The quantitative estimate of drug-likeness (QED) is 0.764. The molecule has 1 aliphatic heterocycles. The lowest BCUT2D eigenvalue weighted by Gasteiger charge is -2.31. The van der Waals surface area contributed by atoms with Gasteiger partial charge in [0.15, 0.2) is 0 Å². The van der Waals surface area contributed by atoms with Gasteiger partial charge in [-0.3, -0.25) is 9.59 Å². The van der Waals surface area contributed by atoms with Crippen LogP contribution in [-0.2, 0) is 9.59 Å². The highest BCUT2D eigenvalue weighted by atomic mass is 32.2. The molecule has 1 saturated carbocycles. The Morgan fingerprint density at radius 3 is 2.39 bits per heavy atom. The molecular formula is C12H21N3O2S. The summed E-state index contributed by atoms with van der Waals surface area (Å²) in [6.45, 7) is 0.813. The minimum atomic E-state index is -0.405. The van der Waals surface area contributed by atoms with E-state index in [0.717, 1.165) is 43.9 Å². The average Bonchev–Trinajstić information content (AvgIpc) is 2.91. The van der Waals surface area contributed by atoms with E-state index < -0.39 is 6.04 Å². The van der Waals surface area contributed by atoms with Crippen molar-refractivity contribution in [2.75, 3.05) is 18.2 Å². The van der Waals surface area contributed by atoms with Crippen molar-refractivity contribution >= 4 is 23.6 Å². The lowest BCUT2D eigenvalue weighted by molar-refractivity contribution is -0.132. The van der Waals surface area contributed by atoms with Gasteiger partial charge in [-0.25, -0.2) is 0 Å². The van der Waals surface area contributed by atoms with Crippen LogP contribution in [0.1, 0.15) is 25.7 Å². The molecule has 1 aliphatic carbocycles. The second-order valence-corrected chi connectivity index (χ2v) is 6.25. The fourth-order valence-electron chi connectivity index (χ4n) is 2.76. The number of amides is 2. The molecule has 2 aliphatic rings. The monoisotopic (exact) mass is 271 g/mol. The van der Waals surface area contributed by atoms with Crippen LogP contribution >= 0.6 is 11.8 Å². The van der Waals surface area contributed by atoms with Gasteiger partial charge < -0.3 is 16.4 Å². The Labute approximate surface area is 112 Å². The number of rotatable bonds is 3. The molecule has 5 nitrogen and oxygen atoms in total. The summed E-state index contributed by atoms with van der Waals surface area (Å²) in [5.74, 6) is 1.81. The molecular weight excluding hydrogens is 250 g/mol. The summed E-state index contributed by atoms with van der Waals surface area (Å²) in [5, 5.41) is 0. The van der Waals surface area contributed by atoms with E-state index >= 15 is 0 Å². The van der Waals surface area contributed by atoms with Crippen molar-refractivity contribution in [3.63, 3.8) is 0 Å². The van der Waals surface area contributed by atoms with Crippen LogP contribution in [0.25, 0.3) is 0 Å². The fourth-order valence-corrected chi connectivity index (χ4v) is 3.72. The Bertz CT molecular complexity index is 323. The summed E-state index contributed by atoms with van der Waals surface area (Å²) in [6, 6.07) is -0.405. The normalized spacial score (nSPS) is 30.2. The average molecular weight is 271 g/mol. The van der Waals surface area contributed by atoms with Gasteiger partial charge in [0.1, 0.15) is 0 Å². The van der Waals surface area contributed by atoms with E-state index in [1.54, 1.807) is 11.8 Å². The van der Waals surface area contributed by atoms with Crippen molar-refractivity contribution in [1.29, 1.82) is 0 Å². The first-order valence-corrected chi connectivity index (χ1v) is 7.66. The third kappa shape index (κ3) is 2.98. The van der Waals surface area contributed by atoms with E-state index in [1.165, 1.54) is 0 Å². The summed E-state index contributed by atoms with van der Waals surface area (Å²) >= 11 is 1.77. The van der Waals surface area contributed by atoms with Gasteiger partial charge in [0.2, 0.25) is 11.8 Å². The zero-order chi connectivity index (χ0) is 13.1. The SMILES string of the molecule is NC(=O)[C@H]1CC[C@H](C(N)C(=O)N2CCSC2)CC1. The number of nitrogens with two attached hydrogens (primary N) is 2. The molecule has 1 atom stereocenters. The molecule has 4 N–H and O–H groups in total. The molecule has 1 heterocycles. The number of hydrogen-bond acceptors (Lipinski definition) is 4. The number of primary amides is 1. The lowest BCUT2D eigenvalue weighted by atomic mass is 9.78. The highest BCUT2D eigenvalue weighted by Crippen LogP contribution is 2.31. The predicted octanol–water partition coefficient (Wildman–Crippen LogP) is 0.138. The van der Waals surface area contributed by atoms with Crippen LogP contribution in [0.3, 0.4) is 0 Å². The summed E-state index contributed by atoms with van der Waals surface area (Å²) in [5.41, 5.74) is 11.4. The van der Waals surface area contributed by atoms with E-state index in [1.807, 2.05) is 4.90 Å². The van der Waals surface area contributed by atoms with Crippen LogP contribution in [0.5, 0.6) is 0 Å². The Balaban J connectivity index is 1.84. The number of carbonyl (C=O) groups is 2. The maximum Gasteiger partial charge on any atom is 0.240 e. The van der Waals surface area contributed by atoms with Crippen molar-refractivity contribution in [2.24, 2.45) is 23.3 Å². The highest BCUT2D eigenvalue weighted by Gasteiger charge is 2.33. The van der Waals surface area contributed by atoms with Crippen molar-refractivity contribution in [3.8, 4) is 0 Å². The van der Waals surface area contributed by atoms with Crippen LogP contribution in [-0.4, -0.2) is 40.9 Å². The van der Waals surface area contributed by atoms with Crippen LogP contribution in [0.4, 0.5) is 0 Å². The zero-order valence-corrected chi connectivity index (χ0v) is 11.3. The van der Waals surface area contributed by atoms with Gasteiger partial charge >= 0.3 is 0 Å². The second kappa shape index (κ2) is 5.93. The standard InChI is InChI=1S/C12H21N3O2S/c13-10(12(17)15-5-6-18-7-15)8-1-3-9(4-2-8)11(14)16/h8-10H,1-7,13H2,(H2,14,16)/t8-,9-,10?. The number of hydrogen-bond donors (Lipinski definition) is 2. The van der Waals surface area contributed by atoms with E-state index in [9.17, 15) is 9.59 Å². The van der Waals surface area contributed by atoms with Gasteiger partial charge in [-0.2, -0.15) is 0 Å². The van der Waals surface area contributed by atoms with E-state index in [4.69, 9.17) is 11.5 Å². The third-order valence-electron chi connectivity index (χ3n) is 4.03. The van der Waals surface area contributed by atoms with Crippen LogP contribution in [0.15, 0.2) is 0 Å². The van der Waals surface area contributed by atoms with Gasteiger partial charge in [0.05, 0.1) is 11.9 Å². The molecule has 6 heteroatoms.